The monoisotopic (exact) mass is 530 g/mol. The number of halogens is 3. The van der Waals surface area contributed by atoms with Gasteiger partial charge in [0.15, 0.2) is 11.2 Å². The third-order valence-corrected chi connectivity index (χ3v) is 6.56. The lowest BCUT2D eigenvalue weighted by atomic mass is 10.1. The topological polar surface area (TPSA) is 100 Å². The maximum Gasteiger partial charge on any atom is 0.387 e. The third-order valence-electron chi connectivity index (χ3n) is 6.19. The zero-order valence-electron chi connectivity index (χ0n) is 20.0. The number of ether oxygens (including phenoxy) is 2. The molecule has 2 N–H and O–H groups in total. The number of rotatable bonds is 7. The van der Waals surface area contributed by atoms with Gasteiger partial charge in [-0.2, -0.15) is 18.7 Å². The van der Waals surface area contributed by atoms with E-state index in [-0.39, 0.29) is 34.8 Å². The highest BCUT2D eigenvalue weighted by molar-refractivity contribution is 6.31. The molecule has 9 nitrogen and oxygen atoms in total. The highest BCUT2D eigenvalue weighted by Gasteiger charge is 2.26. The van der Waals surface area contributed by atoms with E-state index in [1.165, 1.54) is 29.8 Å². The number of alkyl halides is 2. The Morgan fingerprint density at radius 1 is 1.16 bits per heavy atom. The smallest absolute Gasteiger partial charge is 0.387 e. The molecule has 0 amide bonds. The van der Waals surface area contributed by atoms with Crippen LogP contribution in [0.3, 0.4) is 0 Å². The Morgan fingerprint density at radius 2 is 1.95 bits per heavy atom. The van der Waals surface area contributed by atoms with Gasteiger partial charge in [0.2, 0.25) is 5.95 Å². The van der Waals surface area contributed by atoms with Gasteiger partial charge in [-0.15, -0.1) is 0 Å². The second kappa shape index (κ2) is 10.3. The van der Waals surface area contributed by atoms with E-state index in [0.717, 1.165) is 24.9 Å². The number of benzene rings is 2. The Morgan fingerprint density at radius 3 is 2.70 bits per heavy atom. The minimum absolute atomic E-state index is 0.0141. The predicted molar refractivity (Wildman–Crippen MR) is 136 cm³/mol. The highest BCUT2D eigenvalue weighted by Crippen LogP contribution is 2.29. The van der Waals surface area contributed by atoms with Crippen molar-refractivity contribution in [1.29, 1.82) is 0 Å². The number of nitrogens with zero attached hydrogens (tertiary/aromatic N) is 5. The number of hydrogen-bond donors (Lipinski definition) is 1. The van der Waals surface area contributed by atoms with Crippen molar-refractivity contribution in [3.63, 3.8) is 0 Å². The van der Waals surface area contributed by atoms with Crippen LogP contribution < -0.4 is 25.7 Å². The lowest BCUT2D eigenvalue weighted by Gasteiger charge is -2.31. The second-order valence-electron chi connectivity index (χ2n) is 8.82. The first-order valence-electron chi connectivity index (χ1n) is 11.7. The summed E-state index contributed by atoms with van der Waals surface area (Å²) < 4.78 is 38.5. The molecule has 5 rings (SSSR count). The maximum atomic E-state index is 13.6. The fourth-order valence-electron chi connectivity index (χ4n) is 4.42. The Labute approximate surface area is 216 Å². The van der Waals surface area contributed by atoms with Crippen LogP contribution in [0.4, 0.5) is 14.7 Å². The molecule has 2 aromatic carbocycles. The number of hydrogen-bond acceptors (Lipinski definition) is 7. The van der Waals surface area contributed by atoms with Crippen molar-refractivity contribution in [2.24, 2.45) is 12.8 Å². The predicted octanol–water partition coefficient (Wildman–Crippen LogP) is 4.15. The average Bonchev–Trinajstić information content (AvgIpc) is 3.21. The summed E-state index contributed by atoms with van der Waals surface area (Å²) in [5.74, 6) is 0.670. The van der Waals surface area contributed by atoms with Crippen LogP contribution in [0.25, 0.3) is 11.2 Å². The fourth-order valence-corrected chi connectivity index (χ4v) is 4.61. The van der Waals surface area contributed by atoms with E-state index in [1.54, 1.807) is 12.1 Å². The van der Waals surface area contributed by atoms with Crippen LogP contribution in [-0.2, 0) is 13.6 Å². The molecule has 37 heavy (non-hydrogen) atoms. The van der Waals surface area contributed by atoms with E-state index in [1.807, 2.05) is 22.8 Å². The number of aromatic nitrogens is 4. The first-order valence-corrected chi connectivity index (χ1v) is 12.1. The van der Waals surface area contributed by atoms with Gasteiger partial charge in [-0.25, -0.2) is 0 Å². The van der Waals surface area contributed by atoms with Gasteiger partial charge in [0, 0.05) is 37.3 Å². The Balaban J connectivity index is 1.60. The Hall–Kier alpha value is -3.70. The lowest BCUT2D eigenvalue weighted by Crippen LogP contribution is -2.44. The molecular weight excluding hydrogens is 506 g/mol. The highest BCUT2D eigenvalue weighted by atomic mass is 35.5. The van der Waals surface area contributed by atoms with E-state index < -0.39 is 6.61 Å². The molecule has 0 aliphatic carbocycles. The van der Waals surface area contributed by atoms with E-state index >= 15 is 0 Å². The number of anilines is 1. The molecule has 1 aliphatic rings. The van der Waals surface area contributed by atoms with Crippen molar-refractivity contribution in [3.8, 4) is 17.5 Å². The third kappa shape index (κ3) is 5.23. The van der Waals surface area contributed by atoms with Crippen LogP contribution in [0.5, 0.6) is 17.5 Å². The summed E-state index contributed by atoms with van der Waals surface area (Å²) >= 11 is 6.44. The molecule has 4 aromatic rings. The van der Waals surface area contributed by atoms with E-state index in [0.29, 0.717) is 29.6 Å². The minimum Gasteiger partial charge on any atom is -0.435 e. The van der Waals surface area contributed by atoms with Crippen LogP contribution in [0, 0.1) is 0 Å². The number of nitrogens with two attached hydrogens (primary N) is 1. The van der Waals surface area contributed by atoms with Crippen LogP contribution in [0.2, 0.25) is 5.02 Å². The summed E-state index contributed by atoms with van der Waals surface area (Å²) in [7, 11) is 1.52. The van der Waals surface area contributed by atoms with Gasteiger partial charge in [0.25, 0.3) is 5.56 Å². The van der Waals surface area contributed by atoms with Gasteiger partial charge in [0.05, 0.1) is 6.54 Å². The first-order chi connectivity index (χ1) is 17.8. The second-order valence-corrected chi connectivity index (χ2v) is 9.23. The van der Waals surface area contributed by atoms with Gasteiger partial charge >= 0.3 is 12.6 Å². The molecule has 1 aliphatic heterocycles. The molecule has 1 unspecified atom stereocenters. The molecule has 0 bridgehead atoms. The summed E-state index contributed by atoms with van der Waals surface area (Å²) in [5, 5.41) is 0.571. The largest absolute Gasteiger partial charge is 0.435 e. The minimum atomic E-state index is -2.97. The van der Waals surface area contributed by atoms with Crippen LogP contribution in [0.1, 0.15) is 18.4 Å². The van der Waals surface area contributed by atoms with Crippen molar-refractivity contribution in [1.82, 2.24) is 19.1 Å². The van der Waals surface area contributed by atoms with Gasteiger partial charge in [-0.1, -0.05) is 35.9 Å². The first kappa shape index (κ1) is 25.0. The standard InChI is InChI=1S/C25H25ClF2N6O3/c1-32-22(35)20-21(31-25(32)37-18-9-4-8-17(12-18)36-23(27)28)30-24(33-11-5-7-16(29)14-33)34(20)13-15-6-2-3-10-19(15)26/h2-4,6,8-10,12,16,23H,5,7,11,13-14,29H2,1H3. The van der Waals surface area contributed by atoms with E-state index in [2.05, 4.69) is 14.6 Å². The van der Waals surface area contributed by atoms with E-state index in [9.17, 15) is 13.6 Å². The normalized spacial score (nSPS) is 15.9. The fraction of sp³-hybridized carbons (Fsp3) is 0.320. The molecular formula is C25H25ClF2N6O3. The maximum absolute atomic E-state index is 13.6. The van der Waals surface area contributed by atoms with Gasteiger partial charge in [-0.3, -0.25) is 13.9 Å². The number of imidazole rings is 1. The molecule has 0 saturated carbocycles. The molecule has 12 heteroatoms. The van der Waals surface area contributed by atoms with Crippen molar-refractivity contribution < 1.29 is 18.3 Å². The summed E-state index contributed by atoms with van der Waals surface area (Å²) in [6, 6.07) is 13.1. The molecule has 1 fully saturated rings. The molecule has 1 saturated heterocycles. The zero-order valence-corrected chi connectivity index (χ0v) is 20.7. The molecule has 0 spiro atoms. The Bertz CT molecular complexity index is 1490. The zero-order chi connectivity index (χ0) is 26.1. The molecule has 194 valence electrons. The van der Waals surface area contributed by atoms with Crippen LogP contribution >= 0.6 is 11.6 Å². The van der Waals surface area contributed by atoms with Crippen molar-refractivity contribution in [2.45, 2.75) is 32.0 Å². The summed E-state index contributed by atoms with van der Waals surface area (Å²) in [6.07, 6.45) is 1.81. The Kier molecular flexibility index (Phi) is 6.98. The molecule has 1 atom stereocenters. The van der Waals surface area contributed by atoms with Gasteiger partial charge < -0.3 is 20.1 Å². The molecule has 2 aromatic heterocycles. The van der Waals surface area contributed by atoms with Crippen molar-refractivity contribution in [3.05, 3.63) is 69.5 Å². The summed E-state index contributed by atoms with van der Waals surface area (Å²) in [4.78, 5) is 24.9. The SMILES string of the molecule is Cn1c(Oc2cccc(OC(F)F)c2)nc2nc(N3CCCC(N)C3)n(Cc3ccccc3Cl)c2c1=O. The summed E-state index contributed by atoms with van der Waals surface area (Å²) in [5.41, 5.74) is 7.16. The quantitative estimate of drug-likeness (QED) is 0.383. The lowest BCUT2D eigenvalue weighted by molar-refractivity contribution is -0.0499. The summed E-state index contributed by atoms with van der Waals surface area (Å²) in [6.45, 7) is -1.34. The number of piperidine rings is 1. The van der Waals surface area contributed by atoms with Crippen LogP contribution in [-0.4, -0.2) is 44.8 Å². The molecule has 3 heterocycles. The van der Waals surface area contributed by atoms with E-state index in [4.69, 9.17) is 27.1 Å². The average molecular weight is 531 g/mol. The molecule has 0 radical (unpaired) electrons. The van der Waals surface area contributed by atoms with Crippen molar-refractivity contribution >= 4 is 28.7 Å². The van der Waals surface area contributed by atoms with Crippen LogP contribution in [0.15, 0.2) is 53.3 Å². The number of fused-ring (bicyclic) bond motifs is 1. The van der Waals surface area contributed by atoms with Gasteiger partial charge in [0.1, 0.15) is 11.5 Å². The van der Waals surface area contributed by atoms with Gasteiger partial charge in [-0.05, 0) is 36.6 Å². The van der Waals surface area contributed by atoms with Crippen molar-refractivity contribution in [2.75, 3.05) is 18.0 Å².